The molecule has 0 saturated carbocycles. The maximum Gasteiger partial charge on any atom is 0.254 e. The predicted molar refractivity (Wildman–Crippen MR) is 80.9 cm³/mol. The molecule has 0 radical (unpaired) electrons. The van der Waals surface area contributed by atoms with Crippen LogP contribution in [0.2, 0.25) is 0 Å². The summed E-state index contributed by atoms with van der Waals surface area (Å²) >= 11 is 0. The van der Waals surface area contributed by atoms with E-state index in [0.717, 1.165) is 38.3 Å². The highest BCUT2D eigenvalue weighted by Gasteiger charge is 2.22. The van der Waals surface area contributed by atoms with Crippen molar-refractivity contribution in [1.82, 2.24) is 19.4 Å². The molecule has 5 nitrogen and oxygen atoms in total. The van der Waals surface area contributed by atoms with Gasteiger partial charge in [0.25, 0.3) is 5.91 Å². The molecule has 2 aromatic rings. The molecule has 122 valence electrons. The molecule has 0 spiro atoms. The van der Waals surface area contributed by atoms with Crippen LogP contribution in [0.4, 0.5) is 8.78 Å². The van der Waals surface area contributed by atoms with E-state index in [2.05, 4.69) is 9.88 Å². The average molecular weight is 320 g/mol. The minimum atomic E-state index is -0.991. The van der Waals surface area contributed by atoms with Crippen molar-refractivity contribution in [2.75, 3.05) is 32.7 Å². The lowest BCUT2D eigenvalue weighted by atomic mass is 10.1. The van der Waals surface area contributed by atoms with Gasteiger partial charge in [0.05, 0.1) is 6.33 Å². The van der Waals surface area contributed by atoms with Gasteiger partial charge in [-0.15, -0.1) is 0 Å². The third-order valence-corrected chi connectivity index (χ3v) is 4.06. The van der Waals surface area contributed by atoms with Gasteiger partial charge in [0, 0.05) is 57.2 Å². The monoisotopic (exact) mass is 320 g/mol. The van der Waals surface area contributed by atoms with Crippen molar-refractivity contribution in [2.45, 2.75) is 6.54 Å². The van der Waals surface area contributed by atoms with Gasteiger partial charge < -0.3 is 9.47 Å². The van der Waals surface area contributed by atoms with E-state index < -0.39 is 11.6 Å². The Morgan fingerprint density at radius 1 is 1.09 bits per heavy atom. The van der Waals surface area contributed by atoms with Crippen LogP contribution in [0.5, 0.6) is 0 Å². The van der Waals surface area contributed by atoms with Gasteiger partial charge >= 0.3 is 0 Å². The number of hydrogen-bond acceptors (Lipinski definition) is 3. The van der Waals surface area contributed by atoms with Crippen molar-refractivity contribution in [3.8, 4) is 0 Å². The minimum absolute atomic E-state index is 0.191. The highest BCUT2D eigenvalue weighted by molar-refractivity contribution is 5.94. The Morgan fingerprint density at radius 3 is 2.52 bits per heavy atom. The highest BCUT2D eigenvalue weighted by atomic mass is 19.2. The number of piperazine rings is 1. The quantitative estimate of drug-likeness (QED) is 0.860. The molecule has 1 fully saturated rings. The molecule has 0 unspecified atom stereocenters. The topological polar surface area (TPSA) is 41.4 Å². The van der Waals surface area contributed by atoms with E-state index in [1.54, 1.807) is 17.4 Å². The summed E-state index contributed by atoms with van der Waals surface area (Å²) in [6.45, 7) is 4.46. The second kappa shape index (κ2) is 6.87. The van der Waals surface area contributed by atoms with Gasteiger partial charge in [-0.1, -0.05) is 0 Å². The number of amides is 1. The van der Waals surface area contributed by atoms with Gasteiger partial charge in [0.2, 0.25) is 0 Å². The smallest absolute Gasteiger partial charge is 0.254 e. The summed E-state index contributed by atoms with van der Waals surface area (Å²) < 4.78 is 28.2. The molecule has 1 saturated heterocycles. The maximum absolute atomic E-state index is 13.2. The molecule has 1 aromatic heterocycles. The first-order chi connectivity index (χ1) is 11.1. The largest absolute Gasteiger partial charge is 0.336 e. The first kappa shape index (κ1) is 15.6. The fraction of sp³-hybridized carbons (Fsp3) is 0.375. The van der Waals surface area contributed by atoms with Crippen molar-refractivity contribution in [2.24, 2.45) is 0 Å². The normalized spacial score (nSPS) is 15.8. The highest BCUT2D eigenvalue weighted by Crippen LogP contribution is 2.13. The summed E-state index contributed by atoms with van der Waals surface area (Å²) in [6.07, 6.45) is 5.45. The van der Waals surface area contributed by atoms with Crippen molar-refractivity contribution >= 4 is 5.91 Å². The minimum Gasteiger partial charge on any atom is -0.336 e. The molecule has 0 bridgehead atoms. The maximum atomic E-state index is 13.2. The second-order valence-corrected chi connectivity index (χ2v) is 5.56. The first-order valence-electron chi connectivity index (χ1n) is 7.56. The average Bonchev–Trinajstić information content (AvgIpc) is 3.09. The van der Waals surface area contributed by atoms with Crippen molar-refractivity contribution < 1.29 is 13.6 Å². The zero-order valence-corrected chi connectivity index (χ0v) is 12.7. The molecular weight excluding hydrogens is 302 g/mol. The molecule has 1 aromatic carbocycles. The third kappa shape index (κ3) is 3.73. The van der Waals surface area contributed by atoms with Crippen LogP contribution in [0.1, 0.15) is 10.4 Å². The van der Waals surface area contributed by atoms with Gasteiger partial charge in [0.1, 0.15) is 0 Å². The van der Waals surface area contributed by atoms with Crippen LogP contribution in [0.15, 0.2) is 36.9 Å². The van der Waals surface area contributed by atoms with Crippen LogP contribution in [0.25, 0.3) is 0 Å². The van der Waals surface area contributed by atoms with E-state index in [-0.39, 0.29) is 11.5 Å². The Hall–Kier alpha value is -2.28. The van der Waals surface area contributed by atoms with E-state index in [1.165, 1.54) is 6.07 Å². The van der Waals surface area contributed by atoms with Gasteiger partial charge in [0.15, 0.2) is 11.6 Å². The lowest BCUT2D eigenvalue weighted by Crippen LogP contribution is -2.49. The zero-order valence-electron chi connectivity index (χ0n) is 12.7. The molecule has 7 heteroatoms. The Balaban J connectivity index is 1.51. The number of aromatic nitrogens is 2. The van der Waals surface area contributed by atoms with Crippen LogP contribution in [0, 0.1) is 11.6 Å². The zero-order chi connectivity index (χ0) is 16.2. The summed E-state index contributed by atoms with van der Waals surface area (Å²) in [6, 6.07) is 3.28. The third-order valence-electron chi connectivity index (χ3n) is 4.06. The Morgan fingerprint density at radius 2 is 1.87 bits per heavy atom. The molecule has 0 N–H and O–H groups in total. The molecule has 1 amide bonds. The van der Waals surface area contributed by atoms with E-state index in [0.29, 0.717) is 13.1 Å². The van der Waals surface area contributed by atoms with Crippen LogP contribution < -0.4 is 0 Å². The number of nitrogens with zero attached hydrogens (tertiary/aromatic N) is 4. The first-order valence-corrected chi connectivity index (χ1v) is 7.56. The summed E-state index contributed by atoms with van der Waals surface area (Å²) in [5.41, 5.74) is 0.191. The molecule has 23 heavy (non-hydrogen) atoms. The molecular formula is C16H18F2N4O. The van der Waals surface area contributed by atoms with Crippen molar-refractivity contribution in [1.29, 1.82) is 0 Å². The number of imidazole rings is 1. The second-order valence-electron chi connectivity index (χ2n) is 5.56. The molecule has 3 rings (SSSR count). The van der Waals surface area contributed by atoms with Gasteiger partial charge in [-0.3, -0.25) is 9.69 Å². The van der Waals surface area contributed by atoms with Crippen molar-refractivity contribution in [3.05, 3.63) is 54.1 Å². The standard InChI is InChI=1S/C16H18F2N4O/c17-14-2-1-13(11-15(14)18)16(23)22-9-7-20(8-10-22)5-6-21-4-3-19-12-21/h1-4,11-12H,5-10H2. The lowest BCUT2D eigenvalue weighted by molar-refractivity contribution is 0.0632. The van der Waals surface area contributed by atoms with Crippen LogP contribution in [0.3, 0.4) is 0 Å². The van der Waals surface area contributed by atoms with Crippen LogP contribution >= 0.6 is 0 Å². The summed E-state index contributed by atoms with van der Waals surface area (Å²) in [5.74, 6) is -2.18. The number of rotatable bonds is 4. The number of benzene rings is 1. The van der Waals surface area contributed by atoms with Crippen LogP contribution in [-0.4, -0.2) is 58.0 Å². The van der Waals surface area contributed by atoms with Crippen molar-refractivity contribution in [3.63, 3.8) is 0 Å². The van der Waals surface area contributed by atoms with E-state index in [1.807, 2.05) is 10.8 Å². The number of hydrogen-bond donors (Lipinski definition) is 0. The molecule has 1 aliphatic rings. The van der Waals surface area contributed by atoms with E-state index in [9.17, 15) is 13.6 Å². The molecule has 0 aliphatic carbocycles. The fourth-order valence-electron chi connectivity index (χ4n) is 2.66. The predicted octanol–water partition coefficient (Wildman–Crippen LogP) is 1.62. The van der Waals surface area contributed by atoms with E-state index >= 15 is 0 Å². The van der Waals surface area contributed by atoms with Gasteiger partial charge in [-0.2, -0.15) is 0 Å². The summed E-state index contributed by atoms with van der Waals surface area (Å²) in [5, 5.41) is 0. The fourth-order valence-corrected chi connectivity index (χ4v) is 2.66. The molecule has 2 heterocycles. The van der Waals surface area contributed by atoms with Gasteiger partial charge in [-0.25, -0.2) is 13.8 Å². The number of carbonyl (C=O) groups is 1. The molecule has 1 aliphatic heterocycles. The molecule has 0 atom stereocenters. The van der Waals surface area contributed by atoms with Gasteiger partial charge in [-0.05, 0) is 18.2 Å². The Kier molecular flexibility index (Phi) is 4.66. The SMILES string of the molecule is O=C(c1ccc(F)c(F)c1)N1CCN(CCn2ccnc2)CC1. The number of carbonyl (C=O) groups excluding carboxylic acids is 1. The van der Waals surface area contributed by atoms with Crippen LogP contribution in [-0.2, 0) is 6.54 Å². The Labute approximate surface area is 133 Å². The van der Waals surface area contributed by atoms with E-state index in [4.69, 9.17) is 0 Å². The lowest BCUT2D eigenvalue weighted by Gasteiger charge is -2.34. The summed E-state index contributed by atoms with van der Waals surface area (Å²) in [7, 11) is 0. The number of halogens is 2. The summed E-state index contributed by atoms with van der Waals surface area (Å²) in [4.78, 5) is 20.3. The Bertz CT molecular complexity index is 667.